The fourth-order valence-electron chi connectivity index (χ4n) is 3.49. The molecule has 1 aromatic heterocycles. The third kappa shape index (κ3) is 5.70. The third-order valence-corrected chi connectivity index (χ3v) is 5.52. The van der Waals surface area contributed by atoms with Crippen molar-refractivity contribution in [1.29, 1.82) is 0 Å². The molecule has 1 amide bonds. The Labute approximate surface area is 189 Å². The molecule has 0 saturated carbocycles. The number of rotatable bonds is 7. The smallest absolute Gasteiger partial charge is 0.277 e. The molecule has 1 fully saturated rings. The van der Waals surface area contributed by atoms with E-state index in [-0.39, 0.29) is 17.3 Å². The summed E-state index contributed by atoms with van der Waals surface area (Å²) in [4.78, 5) is 31.6. The Kier molecular flexibility index (Phi) is 6.79. The van der Waals surface area contributed by atoms with Crippen molar-refractivity contribution >= 4 is 28.9 Å². The molecule has 3 aromatic rings. The SMILES string of the molecule is O=C(Nc1ccc(Cl)cc1)c1coc(CN2CCN(Cc3ccc([N+](=O)[O-])cc3)CC2)n1. The zero-order valence-corrected chi connectivity index (χ0v) is 18.0. The molecule has 4 rings (SSSR count). The van der Waals surface area contributed by atoms with Crippen LogP contribution >= 0.6 is 11.6 Å². The van der Waals surface area contributed by atoms with Gasteiger partial charge in [0.1, 0.15) is 6.26 Å². The molecule has 1 aliphatic rings. The molecule has 1 aliphatic heterocycles. The number of carbonyl (C=O) groups is 1. The number of carbonyl (C=O) groups excluding carboxylic acids is 1. The van der Waals surface area contributed by atoms with Crippen molar-refractivity contribution in [3.63, 3.8) is 0 Å². The molecule has 32 heavy (non-hydrogen) atoms. The summed E-state index contributed by atoms with van der Waals surface area (Å²) in [6.07, 6.45) is 1.37. The van der Waals surface area contributed by atoms with Crippen molar-refractivity contribution in [2.75, 3.05) is 31.5 Å². The van der Waals surface area contributed by atoms with Gasteiger partial charge in [-0.1, -0.05) is 23.7 Å². The molecule has 2 heterocycles. The van der Waals surface area contributed by atoms with Crippen LogP contribution in [-0.4, -0.2) is 51.8 Å². The number of amides is 1. The van der Waals surface area contributed by atoms with Crippen LogP contribution in [0.25, 0.3) is 0 Å². The van der Waals surface area contributed by atoms with E-state index in [1.165, 1.54) is 18.4 Å². The number of nitro benzene ring substituents is 1. The van der Waals surface area contributed by atoms with E-state index in [0.717, 1.165) is 38.3 Å². The highest BCUT2D eigenvalue weighted by Gasteiger charge is 2.20. The van der Waals surface area contributed by atoms with Crippen molar-refractivity contribution in [2.45, 2.75) is 13.1 Å². The fraction of sp³-hybridized carbons (Fsp3) is 0.273. The van der Waals surface area contributed by atoms with Gasteiger partial charge in [-0.05, 0) is 29.8 Å². The Bertz CT molecular complexity index is 1080. The summed E-state index contributed by atoms with van der Waals surface area (Å²) in [6, 6.07) is 13.5. The van der Waals surface area contributed by atoms with Crippen molar-refractivity contribution in [2.24, 2.45) is 0 Å². The molecule has 1 saturated heterocycles. The van der Waals surface area contributed by atoms with Gasteiger partial charge >= 0.3 is 0 Å². The van der Waals surface area contributed by atoms with Crippen LogP contribution in [0, 0.1) is 10.1 Å². The van der Waals surface area contributed by atoms with Crippen LogP contribution < -0.4 is 5.32 Å². The van der Waals surface area contributed by atoms with Gasteiger partial charge in [0, 0.05) is 55.6 Å². The topological polar surface area (TPSA) is 105 Å². The molecule has 1 N–H and O–H groups in total. The van der Waals surface area contributed by atoms with Crippen LogP contribution in [-0.2, 0) is 13.1 Å². The van der Waals surface area contributed by atoms with Crippen LogP contribution in [0.4, 0.5) is 11.4 Å². The molecular weight excluding hydrogens is 434 g/mol. The minimum absolute atomic E-state index is 0.103. The molecule has 0 bridgehead atoms. The van der Waals surface area contributed by atoms with Gasteiger partial charge in [-0.2, -0.15) is 0 Å². The van der Waals surface area contributed by atoms with E-state index < -0.39 is 4.92 Å². The summed E-state index contributed by atoms with van der Waals surface area (Å²) in [5.74, 6) is 0.158. The Morgan fingerprint density at radius 1 is 1.03 bits per heavy atom. The quantitative estimate of drug-likeness (QED) is 0.426. The lowest BCUT2D eigenvalue weighted by Crippen LogP contribution is -2.45. The molecule has 0 unspecified atom stereocenters. The van der Waals surface area contributed by atoms with E-state index in [0.29, 0.717) is 23.1 Å². The molecule has 2 aromatic carbocycles. The summed E-state index contributed by atoms with van der Waals surface area (Å²) in [7, 11) is 0. The number of piperazine rings is 1. The predicted octanol–water partition coefficient (Wildman–Crippen LogP) is 3.81. The normalized spacial score (nSPS) is 14.9. The lowest BCUT2D eigenvalue weighted by molar-refractivity contribution is -0.384. The molecule has 0 aliphatic carbocycles. The molecule has 10 heteroatoms. The minimum Gasteiger partial charge on any atom is -0.447 e. The summed E-state index contributed by atoms with van der Waals surface area (Å²) in [6.45, 7) is 4.67. The number of hydrogen-bond donors (Lipinski definition) is 1. The van der Waals surface area contributed by atoms with Crippen LogP contribution in [0.1, 0.15) is 21.9 Å². The number of halogens is 1. The van der Waals surface area contributed by atoms with E-state index in [4.69, 9.17) is 16.0 Å². The van der Waals surface area contributed by atoms with E-state index >= 15 is 0 Å². The molecule has 0 radical (unpaired) electrons. The van der Waals surface area contributed by atoms with Crippen molar-refractivity contribution in [3.05, 3.63) is 87.1 Å². The van der Waals surface area contributed by atoms with Crippen molar-refractivity contribution in [1.82, 2.24) is 14.8 Å². The van der Waals surface area contributed by atoms with Crippen LogP contribution in [0.5, 0.6) is 0 Å². The van der Waals surface area contributed by atoms with E-state index in [1.54, 1.807) is 36.4 Å². The maximum Gasteiger partial charge on any atom is 0.277 e. The first kappa shape index (κ1) is 21.9. The predicted molar refractivity (Wildman–Crippen MR) is 120 cm³/mol. The number of nitrogens with one attached hydrogen (secondary N) is 1. The first-order valence-electron chi connectivity index (χ1n) is 10.2. The lowest BCUT2D eigenvalue weighted by Gasteiger charge is -2.34. The summed E-state index contributed by atoms with van der Waals surface area (Å²) >= 11 is 5.86. The highest BCUT2D eigenvalue weighted by molar-refractivity contribution is 6.30. The Morgan fingerprint density at radius 3 is 2.28 bits per heavy atom. The monoisotopic (exact) mass is 455 g/mol. The van der Waals surface area contributed by atoms with E-state index in [1.807, 2.05) is 0 Å². The number of oxazole rings is 1. The Hall–Kier alpha value is -3.27. The van der Waals surface area contributed by atoms with Crippen LogP contribution in [0.2, 0.25) is 5.02 Å². The second-order valence-corrected chi connectivity index (χ2v) is 8.00. The molecular formula is C22H22ClN5O4. The molecule has 9 nitrogen and oxygen atoms in total. The number of nitro groups is 1. The maximum absolute atomic E-state index is 12.4. The van der Waals surface area contributed by atoms with E-state index in [2.05, 4.69) is 20.1 Å². The second-order valence-electron chi connectivity index (χ2n) is 7.56. The number of nitrogens with zero attached hydrogens (tertiary/aromatic N) is 4. The summed E-state index contributed by atoms with van der Waals surface area (Å²) < 4.78 is 5.49. The average molecular weight is 456 g/mol. The highest BCUT2D eigenvalue weighted by Crippen LogP contribution is 2.17. The Balaban J connectivity index is 1.24. The van der Waals surface area contributed by atoms with Crippen molar-refractivity contribution in [3.8, 4) is 0 Å². The van der Waals surface area contributed by atoms with E-state index in [9.17, 15) is 14.9 Å². The van der Waals surface area contributed by atoms with Crippen LogP contribution in [0.3, 0.4) is 0 Å². The first-order valence-corrected chi connectivity index (χ1v) is 10.5. The number of aromatic nitrogens is 1. The summed E-state index contributed by atoms with van der Waals surface area (Å²) in [5, 5.41) is 14.1. The number of non-ortho nitro benzene ring substituents is 1. The molecule has 0 spiro atoms. The zero-order chi connectivity index (χ0) is 22.5. The van der Waals surface area contributed by atoms with Gasteiger partial charge in [0.15, 0.2) is 5.69 Å². The standard InChI is InChI=1S/C22H22ClN5O4/c23-17-3-5-18(6-4-17)24-22(29)20-15-32-21(25-20)14-27-11-9-26(10-12-27)13-16-1-7-19(8-2-16)28(30)31/h1-8,15H,9-14H2,(H,24,29). The first-order chi connectivity index (χ1) is 15.5. The van der Waals surface area contributed by atoms with Crippen molar-refractivity contribution < 1.29 is 14.1 Å². The van der Waals surface area contributed by atoms with Gasteiger partial charge in [0.2, 0.25) is 5.89 Å². The van der Waals surface area contributed by atoms with Gasteiger partial charge < -0.3 is 9.73 Å². The minimum atomic E-state index is -0.391. The molecule has 0 atom stereocenters. The van der Waals surface area contributed by atoms with Crippen LogP contribution in [0.15, 0.2) is 59.2 Å². The average Bonchev–Trinajstić information content (AvgIpc) is 3.26. The largest absolute Gasteiger partial charge is 0.447 e. The van der Waals surface area contributed by atoms with Gasteiger partial charge in [0.25, 0.3) is 11.6 Å². The van der Waals surface area contributed by atoms with Gasteiger partial charge in [-0.15, -0.1) is 0 Å². The number of anilines is 1. The fourth-order valence-corrected chi connectivity index (χ4v) is 3.62. The third-order valence-electron chi connectivity index (χ3n) is 5.26. The zero-order valence-electron chi connectivity index (χ0n) is 17.2. The molecule has 166 valence electrons. The maximum atomic E-state index is 12.4. The highest BCUT2D eigenvalue weighted by atomic mass is 35.5. The Morgan fingerprint density at radius 2 is 1.66 bits per heavy atom. The number of benzene rings is 2. The lowest BCUT2D eigenvalue weighted by atomic mass is 10.2. The number of hydrogen-bond acceptors (Lipinski definition) is 7. The van der Waals surface area contributed by atoms with Gasteiger partial charge in [0.05, 0.1) is 11.5 Å². The second kappa shape index (κ2) is 9.90. The van der Waals surface area contributed by atoms with Gasteiger partial charge in [-0.25, -0.2) is 4.98 Å². The summed E-state index contributed by atoms with van der Waals surface area (Å²) in [5.41, 5.74) is 2.01. The van der Waals surface area contributed by atoms with Gasteiger partial charge in [-0.3, -0.25) is 24.7 Å².